The highest BCUT2D eigenvalue weighted by Crippen LogP contribution is 2.22. The molecule has 3 rings (SSSR count). The van der Waals surface area contributed by atoms with Crippen molar-refractivity contribution in [1.29, 1.82) is 0 Å². The van der Waals surface area contributed by atoms with Gasteiger partial charge >= 0.3 is 5.97 Å². The van der Waals surface area contributed by atoms with Crippen LogP contribution in [0, 0.1) is 0 Å². The summed E-state index contributed by atoms with van der Waals surface area (Å²) in [5, 5.41) is 13.5. The highest BCUT2D eigenvalue weighted by molar-refractivity contribution is 6.03. The van der Waals surface area contributed by atoms with Crippen LogP contribution in [0.25, 0.3) is 10.9 Å². The van der Waals surface area contributed by atoms with Crippen molar-refractivity contribution in [3.63, 3.8) is 0 Å². The first-order valence-electron chi connectivity index (χ1n) is 5.46. The Morgan fingerprint density at radius 1 is 1.33 bits per heavy atom. The Balaban J connectivity index is 2.14. The maximum Gasteiger partial charge on any atom is 0.337 e. The molecule has 0 saturated carbocycles. The first-order chi connectivity index (χ1) is 8.75. The minimum Gasteiger partial charge on any atom is -0.478 e. The molecule has 2 heterocycles. The van der Waals surface area contributed by atoms with Crippen molar-refractivity contribution in [2.75, 3.05) is 0 Å². The number of para-hydroxylation sites is 1. The lowest BCUT2D eigenvalue weighted by Gasteiger charge is -2.00. The van der Waals surface area contributed by atoms with E-state index >= 15 is 0 Å². The fourth-order valence-electron chi connectivity index (χ4n) is 2.04. The second-order valence-corrected chi connectivity index (χ2v) is 3.97. The summed E-state index contributed by atoms with van der Waals surface area (Å²) >= 11 is 0. The third kappa shape index (κ3) is 1.66. The number of carbonyl (C=O) groups is 1. The molecule has 0 unspecified atom stereocenters. The number of aromatic carboxylic acids is 1. The Kier molecular flexibility index (Phi) is 2.37. The van der Waals surface area contributed by atoms with E-state index in [0.29, 0.717) is 17.9 Å². The van der Waals surface area contributed by atoms with Crippen LogP contribution in [0.3, 0.4) is 0 Å². The fraction of sp³-hybridized carbons (Fsp3) is 0.0769. The molecule has 0 atom stereocenters. The molecule has 0 saturated heterocycles. The molecule has 0 aliphatic carbocycles. The number of carboxylic acid groups (broad SMARTS) is 1. The number of hydrogen-bond acceptors (Lipinski definition) is 3. The Bertz CT molecular complexity index is 698. The van der Waals surface area contributed by atoms with Crippen LogP contribution < -0.4 is 0 Å². The molecule has 1 N–H and O–H groups in total. The molecule has 0 spiro atoms. The number of carboxylic acids is 1. The van der Waals surface area contributed by atoms with Crippen LogP contribution >= 0.6 is 0 Å². The van der Waals surface area contributed by atoms with Gasteiger partial charge in [0.15, 0.2) is 5.76 Å². The van der Waals surface area contributed by atoms with Gasteiger partial charge in [-0.3, -0.25) is 0 Å². The number of rotatable bonds is 3. The van der Waals surface area contributed by atoms with Crippen LogP contribution in [0.2, 0.25) is 0 Å². The van der Waals surface area contributed by atoms with E-state index in [9.17, 15) is 9.90 Å². The summed E-state index contributed by atoms with van der Waals surface area (Å²) in [5.74, 6) is -0.241. The maximum atomic E-state index is 11.2. The van der Waals surface area contributed by atoms with E-state index in [1.165, 1.54) is 0 Å². The van der Waals surface area contributed by atoms with E-state index in [4.69, 9.17) is 4.52 Å². The fourth-order valence-corrected chi connectivity index (χ4v) is 2.04. The summed E-state index contributed by atoms with van der Waals surface area (Å²) in [6.45, 7) is 0.466. The summed E-state index contributed by atoms with van der Waals surface area (Å²) in [7, 11) is 0. The monoisotopic (exact) mass is 242 g/mol. The Morgan fingerprint density at radius 3 is 2.89 bits per heavy atom. The lowest BCUT2D eigenvalue weighted by Crippen LogP contribution is -1.97. The number of nitrogens with zero attached hydrogens (tertiary/aromatic N) is 2. The van der Waals surface area contributed by atoms with E-state index in [0.717, 1.165) is 10.9 Å². The summed E-state index contributed by atoms with van der Waals surface area (Å²) in [5.41, 5.74) is 1.16. The van der Waals surface area contributed by atoms with Gasteiger partial charge in [-0.15, -0.1) is 0 Å². The molecular formula is C13H10N2O3. The predicted octanol–water partition coefficient (Wildman–Crippen LogP) is 2.38. The third-order valence-corrected chi connectivity index (χ3v) is 2.84. The Morgan fingerprint density at radius 2 is 2.17 bits per heavy atom. The molecule has 3 aromatic rings. The molecular weight excluding hydrogens is 232 g/mol. The van der Waals surface area contributed by atoms with Crippen LogP contribution in [-0.2, 0) is 6.54 Å². The van der Waals surface area contributed by atoms with Gasteiger partial charge in [-0.25, -0.2) is 4.79 Å². The number of hydrogen-bond donors (Lipinski definition) is 1. The Hall–Kier alpha value is -2.56. The minimum absolute atomic E-state index is 0.296. The molecule has 0 fully saturated rings. The quantitative estimate of drug-likeness (QED) is 0.765. The topological polar surface area (TPSA) is 68.3 Å². The number of fused-ring (bicyclic) bond motifs is 1. The van der Waals surface area contributed by atoms with Crippen molar-refractivity contribution < 1.29 is 14.4 Å². The summed E-state index contributed by atoms with van der Waals surface area (Å²) in [4.78, 5) is 11.2. The molecule has 2 aromatic heterocycles. The van der Waals surface area contributed by atoms with Gasteiger partial charge in [0.2, 0.25) is 0 Å². The highest BCUT2D eigenvalue weighted by Gasteiger charge is 2.14. The predicted molar refractivity (Wildman–Crippen MR) is 64.5 cm³/mol. The molecule has 0 aliphatic rings. The van der Waals surface area contributed by atoms with Crippen LogP contribution in [-0.4, -0.2) is 20.8 Å². The summed E-state index contributed by atoms with van der Waals surface area (Å²) < 4.78 is 6.88. The normalized spacial score (nSPS) is 10.9. The van der Waals surface area contributed by atoms with Crippen LogP contribution in [0.15, 0.2) is 47.2 Å². The first kappa shape index (κ1) is 10.6. The molecule has 0 aliphatic heterocycles. The summed E-state index contributed by atoms with van der Waals surface area (Å²) in [6, 6.07) is 9.15. The van der Waals surface area contributed by atoms with E-state index in [-0.39, 0.29) is 0 Å². The van der Waals surface area contributed by atoms with Crippen LogP contribution in [0.1, 0.15) is 16.1 Å². The van der Waals surface area contributed by atoms with Crippen molar-refractivity contribution in [1.82, 2.24) is 9.72 Å². The zero-order chi connectivity index (χ0) is 12.5. The van der Waals surface area contributed by atoms with Crippen LogP contribution in [0.5, 0.6) is 0 Å². The second-order valence-electron chi connectivity index (χ2n) is 3.97. The largest absolute Gasteiger partial charge is 0.478 e. The molecule has 1 aromatic carbocycles. The third-order valence-electron chi connectivity index (χ3n) is 2.84. The van der Waals surface area contributed by atoms with E-state index in [1.807, 2.05) is 22.8 Å². The molecule has 5 nitrogen and oxygen atoms in total. The minimum atomic E-state index is -0.928. The lowest BCUT2D eigenvalue weighted by atomic mass is 10.2. The lowest BCUT2D eigenvalue weighted by molar-refractivity contribution is 0.0698. The van der Waals surface area contributed by atoms with Crippen molar-refractivity contribution >= 4 is 16.9 Å². The second kappa shape index (κ2) is 4.03. The molecule has 18 heavy (non-hydrogen) atoms. The number of aromatic nitrogens is 2. The van der Waals surface area contributed by atoms with Gasteiger partial charge in [0.05, 0.1) is 18.3 Å². The maximum absolute atomic E-state index is 11.2. The molecule has 90 valence electrons. The van der Waals surface area contributed by atoms with Gasteiger partial charge in [-0.05, 0) is 6.07 Å². The average molecular weight is 242 g/mol. The number of benzene rings is 1. The van der Waals surface area contributed by atoms with Crippen molar-refractivity contribution in [2.24, 2.45) is 0 Å². The zero-order valence-electron chi connectivity index (χ0n) is 9.41. The zero-order valence-corrected chi connectivity index (χ0v) is 9.41. The van der Waals surface area contributed by atoms with Gasteiger partial charge in [0.25, 0.3) is 0 Å². The van der Waals surface area contributed by atoms with Crippen molar-refractivity contribution in [3.8, 4) is 0 Å². The van der Waals surface area contributed by atoms with Gasteiger partial charge in [0, 0.05) is 23.2 Å². The van der Waals surface area contributed by atoms with Gasteiger partial charge in [-0.1, -0.05) is 23.4 Å². The van der Waals surface area contributed by atoms with Gasteiger partial charge in [-0.2, -0.15) is 0 Å². The Labute approximate surface area is 102 Å². The standard InChI is InChI=1S/C13H10N2O3/c16-13(17)11-8-15(7-9-5-6-14-18-9)12-4-2-1-3-10(11)12/h1-6,8H,7H2,(H,16,17). The molecule has 0 radical (unpaired) electrons. The van der Waals surface area contributed by atoms with Crippen molar-refractivity contribution in [3.05, 3.63) is 54.0 Å². The molecule has 5 heteroatoms. The first-order valence-corrected chi connectivity index (χ1v) is 5.46. The molecule has 0 amide bonds. The van der Waals surface area contributed by atoms with E-state index in [2.05, 4.69) is 5.16 Å². The SMILES string of the molecule is O=C(O)c1cn(Cc2ccno2)c2ccccc12. The molecule has 0 bridgehead atoms. The average Bonchev–Trinajstić information content (AvgIpc) is 2.98. The summed E-state index contributed by atoms with van der Waals surface area (Å²) in [6.07, 6.45) is 3.19. The van der Waals surface area contributed by atoms with Gasteiger partial charge in [0.1, 0.15) is 0 Å². The highest BCUT2D eigenvalue weighted by atomic mass is 16.5. The smallest absolute Gasteiger partial charge is 0.337 e. The van der Waals surface area contributed by atoms with E-state index in [1.54, 1.807) is 24.5 Å². The van der Waals surface area contributed by atoms with Crippen molar-refractivity contribution in [2.45, 2.75) is 6.54 Å². The van der Waals surface area contributed by atoms with E-state index < -0.39 is 5.97 Å². The van der Waals surface area contributed by atoms with Gasteiger partial charge < -0.3 is 14.2 Å². The van der Waals surface area contributed by atoms with Crippen LogP contribution in [0.4, 0.5) is 0 Å².